The van der Waals surface area contributed by atoms with Gasteiger partial charge in [0, 0.05) is 43.5 Å². The molecule has 3 aliphatic rings. The second kappa shape index (κ2) is 7.60. The van der Waals surface area contributed by atoms with Gasteiger partial charge in [0.1, 0.15) is 0 Å². The lowest BCUT2D eigenvalue weighted by Gasteiger charge is -2.31. The number of amides is 2. The van der Waals surface area contributed by atoms with E-state index in [0.29, 0.717) is 18.8 Å². The monoisotopic (exact) mass is 371 g/mol. The highest BCUT2D eigenvalue weighted by atomic mass is 16.5. The molecular formula is C21H29N3O3. The largest absolute Gasteiger partial charge is 0.381 e. The Balaban J connectivity index is 1.33. The first-order valence-corrected chi connectivity index (χ1v) is 10.1. The Morgan fingerprint density at radius 1 is 1.15 bits per heavy atom. The number of hydrogen-bond donors (Lipinski definition) is 2. The number of carbonyl (C=O) groups excluding carboxylic acids is 2. The zero-order valence-electron chi connectivity index (χ0n) is 16.0. The predicted octanol–water partition coefficient (Wildman–Crippen LogP) is 2.27. The molecule has 146 valence electrons. The van der Waals surface area contributed by atoms with Gasteiger partial charge in [0.2, 0.25) is 5.91 Å². The molecule has 1 unspecified atom stereocenters. The van der Waals surface area contributed by atoms with Gasteiger partial charge in [-0.3, -0.25) is 9.59 Å². The van der Waals surface area contributed by atoms with Crippen LogP contribution >= 0.6 is 0 Å². The molecule has 0 radical (unpaired) electrons. The van der Waals surface area contributed by atoms with Crippen molar-refractivity contribution < 1.29 is 14.3 Å². The maximum absolute atomic E-state index is 12.7. The number of nitrogens with one attached hydrogen (secondary N) is 2. The zero-order valence-corrected chi connectivity index (χ0v) is 16.0. The highest BCUT2D eigenvalue weighted by Crippen LogP contribution is 2.58. The standard InChI is InChI=1S/C21H29N3O3/c1-24(17-6-12-27-13-7-17)20(26)15-2-4-16(5-3-15)23-19(25)18-14-21(18)8-10-22-11-9-21/h2-5,17-18,22H,6-14H2,1H3,(H,23,25). The SMILES string of the molecule is CN(C(=O)c1ccc(NC(=O)C2CC23CCNCC3)cc1)C1CCOCC1. The number of hydrogen-bond acceptors (Lipinski definition) is 4. The van der Waals surface area contributed by atoms with Gasteiger partial charge < -0.3 is 20.3 Å². The number of anilines is 1. The minimum atomic E-state index is 0.0237. The number of piperidine rings is 1. The van der Waals surface area contributed by atoms with Crippen molar-refractivity contribution in [1.29, 1.82) is 0 Å². The van der Waals surface area contributed by atoms with Gasteiger partial charge >= 0.3 is 0 Å². The molecule has 1 atom stereocenters. The molecule has 1 aromatic rings. The first-order valence-electron chi connectivity index (χ1n) is 10.1. The summed E-state index contributed by atoms with van der Waals surface area (Å²) in [5.74, 6) is 0.284. The van der Waals surface area contributed by atoms with Crippen LogP contribution in [0.3, 0.4) is 0 Å². The molecule has 3 fully saturated rings. The van der Waals surface area contributed by atoms with Crippen molar-refractivity contribution in [2.75, 3.05) is 38.7 Å². The van der Waals surface area contributed by atoms with Crippen LogP contribution in [0.15, 0.2) is 24.3 Å². The summed E-state index contributed by atoms with van der Waals surface area (Å²) in [6.45, 7) is 3.46. The summed E-state index contributed by atoms with van der Waals surface area (Å²) in [7, 11) is 1.86. The zero-order chi connectivity index (χ0) is 18.9. The molecule has 6 nitrogen and oxygen atoms in total. The van der Waals surface area contributed by atoms with Crippen molar-refractivity contribution in [3.8, 4) is 0 Å². The number of rotatable bonds is 4. The lowest BCUT2D eigenvalue weighted by Crippen LogP contribution is -2.40. The average Bonchev–Trinajstić information content (AvgIpc) is 3.41. The summed E-state index contributed by atoms with van der Waals surface area (Å²) < 4.78 is 5.37. The van der Waals surface area contributed by atoms with Crippen LogP contribution in [-0.2, 0) is 9.53 Å². The van der Waals surface area contributed by atoms with E-state index in [2.05, 4.69) is 10.6 Å². The minimum absolute atomic E-state index is 0.0237. The van der Waals surface area contributed by atoms with E-state index in [9.17, 15) is 9.59 Å². The van der Waals surface area contributed by atoms with E-state index in [1.165, 1.54) is 0 Å². The van der Waals surface area contributed by atoms with E-state index in [0.717, 1.165) is 50.9 Å². The van der Waals surface area contributed by atoms with Gasteiger partial charge in [0.25, 0.3) is 5.91 Å². The van der Waals surface area contributed by atoms with Gasteiger partial charge in [-0.05, 0) is 74.9 Å². The van der Waals surface area contributed by atoms with E-state index in [4.69, 9.17) is 4.74 Å². The van der Waals surface area contributed by atoms with E-state index >= 15 is 0 Å². The number of ether oxygens (including phenoxy) is 1. The smallest absolute Gasteiger partial charge is 0.253 e. The van der Waals surface area contributed by atoms with Gasteiger partial charge in [-0.2, -0.15) is 0 Å². The Bertz CT molecular complexity index is 691. The molecule has 2 saturated heterocycles. The molecule has 2 N–H and O–H groups in total. The third-order valence-electron chi connectivity index (χ3n) is 6.56. The molecule has 2 amide bonds. The van der Waals surface area contributed by atoms with Crippen molar-refractivity contribution in [2.45, 2.75) is 38.1 Å². The Labute approximate surface area is 160 Å². The quantitative estimate of drug-likeness (QED) is 0.852. The van der Waals surface area contributed by atoms with Gasteiger partial charge in [-0.25, -0.2) is 0 Å². The van der Waals surface area contributed by atoms with Crippen molar-refractivity contribution >= 4 is 17.5 Å². The second-order valence-electron chi connectivity index (χ2n) is 8.20. The third kappa shape index (κ3) is 3.87. The lowest BCUT2D eigenvalue weighted by molar-refractivity contribution is -0.118. The fraction of sp³-hybridized carbons (Fsp3) is 0.619. The Hall–Kier alpha value is -1.92. The maximum atomic E-state index is 12.7. The van der Waals surface area contributed by atoms with Crippen LogP contribution in [0.5, 0.6) is 0 Å². The van der Waals surface area contributed by atoms with E-state index < -0.39 is 0 Å². The van der Waals surface area contributed by atoms with Crippen molar-refractivity contribution in [1.82, 2.24) is 10.2 Å². The van der Waals surface area contributed by atoms with Crippen molar-refractivity contribution in [3.05, 3.63) is 29.8 Å². The molecular weight excluding hydrogens is 342 g/mol. The summed E-state index contributed by atoms with van der Waals surface area (Å²) in [5, 5.41) is 6.40. The highest BCUT2D eigenvalue weighted by molar-refractivity contribution is 5.97. The molecule has 1 spiro atoms. The van der Waals surface area contributed by atoms with Crippen LogP contribution in [0.25, 0.3) is 0 Å². The van der Waals surface area contributed by atoms with Crippen LogP contribution in [0.1, 0.15) is 42.5 Å². The van der Waals surface area contributed by atoms with E-state index in [-0.39, 0.29) is 29.2 Å². The van der Waals surface area contributed by atoms with Gasteiger partial charge in [-0.15, -0.1) is 0 Å². The van der Waals surface area contributed by atoms with Crippen LogP contribution < -0.4 is 10.6 Å². The molecule has 2 aliphatic heterocycles. The number of nitrogens with zero attached hydrogens (tertiary/aromatic N) is 1. The van der Waals surface area contributed by atoms with Crippen LogP contribution in [0.4, 0.5) is 5.69 Å². The van der Waals surface area contributed by atoms with Gasteiger partial charge in [-0.1, -0.05) is 0 Å². The summed E-state index contributed by atoms with van der Waals surface area (Å²) in [6.07, 6.45) is 4.96. The highest BCUT2D eigenvalue weighted by Gasteiger charge is 2.57. The van der Waals surface area contributed by atoms with Gasteiger partial charge in [0.05, 0.1) is 0 Å². The third-order valence-corrected chi connectivity index (χ3v) is 6.56. The number of carbonyl (C=O) groups is 2. The summed E-state index contributed by atoms with van der Waals surface area (Å²) in [5.41, 5.74) is 1.65. The lowest BCUT2D eigenvalue weighted by atomic mass is 9.92. The fourth-order valence-corrected chi connectivity index (χ4v) is 4.56. The Morgan fingerprint density at radius 2 is 1.81 bits per heavy atom. The van der Waals surface area contributed by atoms with E-state index in [1.54, 1.807) is 12.1 Å². The first kappa shape index (κ1) is 18.4. The maximum Gasteiger partial charge on any atom is 0.253 e. The second-order valence-corrected chi connectivity index (χ2v) is 8.20. The Kier molecular flexibility index (Phi) is 5.19. The van der Waals surface area contributed by atoms with Crippen molar-refractivity contribution in [3.63, 3.8) is 0 Å². The summed E-state index contributed by atoms with van der Waals surface area (Å²) >= 11 is 0. The summed E-state index contributed by atoms with van der Waals surface area (Å²) in [6, 6.07) is 7.52. The van der Waals surface area contributed by atoms with Crippen molar-refractivity contribution in [2.24, 2.45) is 11.3 Å². The normalized spacial score (nSPS) is 24.4. The van der Waals surface area contributed by atoms with Gasteiger partial charge in [0.15, 0.2) is 0 Å². The van der Waals surface area contributed by atoms with Crippen LogP contribution in [0, 0.1) is 11.3 Å². The minimum Gasteiger partial charge on any atom is -0.381 e. The molecule has 0 bridgehead atoms. The fourth-order valence-electron chi connectivity index (χ4n) is 4.56. The molecule has 2 heterocycles. The van der Waals surface area contributed by atoms with E-state index in [1.807, 2.05) is 24.1 Å². The molecule has 1 saturated carbocycles. The number of benzene rings is 1. The molecule has 27 heavy (non-hydrogen) atoms. The van der Waals surface area contributed by atoms with Crippen LogP contribution in [-0.4, -0.2) is 56.1 Å². The molecule has 6 heteroatoms. The Morgan fingerprint density at radius 3 is 2.48 bits per heavy atom. The molecule has 4 rings (SSSR count). The average molecular weight is 371 g/mol. The molecule has 1 aliphatic carbocycles. The molecule has 0 aromatic heterocycles. The topological polar surface area (TPSA) is 70.7 Å². The molecule has 1 aromatic carbocycles. The van der Waals surface area contributed by atoms with Crippen LogP contribution in [0.2, 0.25) is 0 Å². The predicted molar refractivity (Wildman–Crippen MR) is 104 cm³/mol. The summed E-state index contributed by atoms with van der Waals surface area (Å²) in [4.78, 5) is 27.1. The first-order chi connectivity index (χ1) is 13.1.